The van der Waals surface area contributed by atoms with Gasteiger partial charge in [0.1, 0.15) is 23.5 Å². The van der Waals surface area contributed by atoms with Crippen molar-refractivity contribution in [3.8, 4) is 5.75 Å². The van der Waals surface area contributed by atoms with Crippen molar-refractivity contribution in [3.05, 3.63) is 59.3 Å². The number of nitrogen functional groups attached to an aromatic ring is 1. The maximum absolute atomic E-state index is 12.5. The highest BCUT2D eigenvalue weighted by Gasteiger charge is 2.31. The number of methoxy groups -OCH3 is 1. The lowest BCUT2D eigenvalue weighted by molar-refractivity contribution is 0.102. The Hall–Kier alpha value is -3.17. The molecule has 10 heteroatoms. The summed E-state index contributed by atoms with van der Waals surface area (Å²) in [5, 5.41) is 11.3. The molecule has 1 unspecified atom stereocenters. The molecule has 1 saturated heterocycles. The first kappa shape index (κ1) is 19.2. The Morgan fingerprint density at radius 2 is 2.24 bits per heavy atom. The Kier molecular flexibility index (Phi) is 5.32. The van der Waals surface area contributed by atoms with E-state index in [9.17, 15) is 4.79 Å². The van der Waals surface area contributed by atoms with Gasteiger partial charge in [0, 0.05) is 23.5 Å². The monoisotopic (exact) mass is 413 g/mol. The summed E-state index contributed by atoms with van der Waals surface area (Å²) in [5.74, 6) is 0.398. The summed E-state index contributed by atoms with van der Waals surface area (Å²) in [6, 6.07) is 5.69. The molecule has 0 bridgehead atoms. The molecule has 3 aromatic rings. The summed E-state index contributed by atoms with van der Waals surface area (Å²) in [6.07, 6.45) is 7.03. The first-order valence-corrected chi connectivity index (χ1v) is 9.42. The van der Waals surface area contributed by atoms with Crippen LogP contribution < -0.4 is 21.1 Å². The van der Waals surface area contributed by atoms with Crippen LogP contribution in [0.5, 0.6) is 5.75 Å². The fourth-order valence-corrected chi connectivity index (χ4v) is 3.52. The fourth-order valence-electron chi connectivity index (χ4n) is 3.29. The molecule has 1 fully saturated rings. The molecular weight excluding hydrogens is 394 g/mol. The average Bonchev–Trinajstić information content (AvgIpc) is 3.12. The van der Waals surface area contributed by atoms with Gasteiger partial charge in [0.2, 0.25) is 0 Å². The van der Waals surface area contributed by atoms with Gasteiger partial charge in [-0.3, -0.25) is 9.48 Å². The van der Waals surface area contributed by atoms with Gasteiger partial charge in [0.15, 0.2) is 0 Å². The summed E-state index contributed by atoms with van der Waals surface area (Å²) < 4.78 is 7.16. The van der Waals surface area contributed by atoms with Gasteiger partial charge in [-0.1, -0.05) is 11.6 Å². The number of amides is 1. The summed E-state index contributed by atoms with van der Waals surface area (Å²) in [4.78, 5) is 20.1. The average molecular weight is 414 g/mol. The van der Waals surface area contributed by atoms with Crippen molar-refractivity contribution in [3.63, 3.8) is 0 Å². The molecule has 0 saturated carbocycles. The van der Waals surface area contributed by atoms with Gasteiger partial charge >= 0.3 is 0 Å². The summed E-state index contributed by atoms with van der Waals surface area (Å²) in [5.41, 5.74) is 7.46. The van der Waals surface area contributed by atoms with Gasteiger partial charge in [0.25, 0.3) is 5.91 Å². The number of nitrogens with two attached hydrogens (primary N) is 1. The van der Waals surface area contributed by atoms with Crippen molar-refractivity contribution in [2.24, 2.45) is 0 Å². The molecule has 29 heavy (non-hydrogen) atoms. The number of hydrogen-bond donors (Lipinski definition) is 3. The number of anilines is 2. The lowest BCUT2D eigenvalue weighted by Crippen LogP contribution is -2.49. The maximum Gasteiger partial charge on any atom is 0.261 e. The van der Waals surface area contributed by atoms with Crippen LogP contribution in [-0.4, -0.2) is 45.4 Å². The molecule has 1 aliphatic rings. The van der Waals surface area contributed by atoms with Gasteiger partial charge in [-0.05, 0) is 36.7 Å². The molecule has 4 rings (SSSR count). The molecule has 2 aromatic heterocycles. The summed E-state index contributed by atoms with van der Waals surface area (Å²) >= 11 is 6.27. The van der Waals surface area contributed by atoms with Crippen LogP contribution in [0.4, 0.5) is 11.5 Å². The van der Waals surface area contributed by atoms with E-state index in [2.05, 4.69) is 25.7 Å². The molecule has 1 aliphatic heterocycles. The van der Waals surface area contributed by atoms with Gasteiger partial charge in [-0.25, -0.2) is 9.97 Å². The number of rotatable bonds is 6. The molecule has 2 atom stereocenters. The Bertz CT molecular complexity index is 1030. The van der Waals surface area contributed by atoms with Crippen LogP contribution >= 0.6 is 11.6 Å². The molecule has 1 amide bonds. The van der Waals surface area contributed by atoms with Crippen LogP contribution in [-0.2, 0) is 0 Å². The number of carbonyl (C=O) groups is 1. The second kappa shape index (κ2) is 8.06. The van der Waals surface area contributed by atoms with Crippen molar-refractivity contribution in [1.82, 2.24) is 25.1 Å². The molecule has 0 radical (unpaired) electrons. The van der Waals surface area contributed by atoms with Gasteiger partial charge in [0.05, 0.1) is 25.0 Å². The number of ether oxygens (including phenoxy) is 1. The van der Waals surface area contributed by atoms with Gasteiger partial charge in [-0.2, -0.15) is 5.10 Å². The van der Waals surface area contributed by atoms with E-state index in [0.717, 1.165) is 18.5 Å². The number of aromatic nitrogens is 4. The Morgan fingerprint density at radius 3 is 2.93 bits per heavy atom. The highest BCUT2D eigenvalue weighted by molar-refractivity contribution is 6.30. The van der Waals surface area contributed by atoms with E-state index in [1.165, 1.54) is 12.5 Å². The zero-order chi connectivity index (χ0) is 20.4. The lowest BCUT2D eigenvalue weighted by atomic mass is 9.92. The number of halogens is 1. The van der Waals surface area contributed by atoms with Crippen molar-refractivity contribution < 1.29 is 9.53 Å². The van der Waals surface area contributed by atoms with E-state index in [-0.39, 0.29) is 23.5 Å². The maximum atomic E-state index is 12.5. The number of carbonyl (C=O) groups excluding carboxylic acids is 1. The van der Waals surface area contributed by atoms with Crippen LogP contribution in [0.25, 0.3) is 0 Å². The zero-order valence-electron chi connectivity index (χ0n) is 15.7. The van der Waals surface area contributed by atoms with Crippen LogP contribution in [0.15, 0.2) is 43.1 Å². The number of nitrogens with one attached hydrogen (secondary N) is 2. The van der Waals surface area contributed by atoms with Gasteiger partial charge < -0.3 is 21.1 Å². The SMILES string of the molecule is COc1cc(Cl)cc(C([C@H]2CCN2)n2cc(NC(=O)c3cncnc3N)cn2)c1. The first-order chi connectivity index (χ1) is 14.0. The quantitative estimate of drug-likeness (QED) is 0.566. The largest absolute Gasteiger partial charge is 0.497 e. The van der Waals surface area contributed by atoms with Crippen molar-refractivity contribution in [1.29, 1.82) is 0 Å². The van der Waals surface area contributed by atoms with Crippen LogP contribution in [0.1, 0.15) is 28.4 Å². The predicted molar refractivity (Wildman–Crippen MR) is 109 cm³/mol. The molecule has 9 nitrogen and oxygen atoms in total. The molecule has 3 heterocycles. The topological polar surface area (TPSA) is 120 Å². The van der Waals surface area contributed by atoms with Crippen LogP contribution in [0.2, 0.25) is 5.02 Å². The molecule has 150 valence electrons. The highest BCUT2D eigenvalue weighted by Crippen LogP contribution is 2.32. The standard InChI is InChI=1S/C19H20ClN7O2/c1-29-14-5-11(4-12(20)6-14)17(16-2-3-23-16)27-9-13(7-25-27)26-19(28)15-8-22-10-24-18(15)21/h4-10,16-17,23H,2-3H2,1H3,(H,26,28)(H2,21,22,24)/t16-,17?/m1/s1. The molecule has 0 spiro atoms. The Balaban J connectivity index is 1.61. The minimum Gasteiger partial charge on any atom is -0.497 e. The lowest BCUT2D eigenvalue weighted by Gasteiger charge is -2.35. The van der Waals surface area contributed by atoms with E-state index in [4.69, 9.17) is 22.1 Å². The van der Waals surface area contributed by atoms with Crippen LogP contribution in [0.3, 0.4) is 0 Å². The van der Waals surface area contributed by atoms with Crippen LogP contribution in [0, 0.1) is 0 Å². The van der Waals surface area contributed by atoms with Crippen molar-refractivity contribution >= 4 is 29.0 Å². The third kappa shape index (κ3) is 4.01. The third-order valence-corrected chi connectivity index (χ3v) is 5.06. The second-order valence-corrected chi connectivity index (χ2v) is 7.14. The summed E-state index contributed by atoms with van der Waals surface area (Å²) in [7, 11) is 1.60. The fraction of sp³-hybridized carbons (Fsp3) is 0.263. The predicted octanol–water partition coefficient (Wildman–Crippen LogP) is 2.12. The number of hydrogen-bond acceptors (Lipinski definition) is 7. The molecule has 1 aromatic carbocycles. The number of benzene rings is 1. The van der Waals surface area contributed by atoms with E-state index in [0.29, 0.717) is 16.5 Å². The van der Waals surface area contributed by atoms with Gasteiger partial charge in [-0.15, -0.1) is 0 Å². The Morgan fingerprint density at radius 1 is 1.41 bits per heavy atom. The molecule has 0 aliphatic carbocycles. The molecular formula is C19H20ClN7O2. The Labute approximate surface area is 172 Å². The minimum atomic E-state index is -0.398. The van der Waals surface area contributed by atoms with E-state index < -0.39 is 5.91 Å². The summed E-state index contributed by atoms with van der Waals surface area (Å²) in [6.45, 7) is 0.941. The van der Waals surface area contributed by atoms with E-state index in [1.807, 2.05) is 16.8 Å². The second-order valence-electron chi connectivity index (χ2n) is 6.70. The number of nitrogens with zero attached hydrogens (tertiary/aromatic N) is 4. The first-order valence-electron chi connectivity index (χ1n) is 9.04. The van der Waals surface area contributed by atoms with Crippen molar-refractivity contribution in [2.45, 2.75) is 18.5 Å². The smallest absolute Gasteiger partial charge is 0.261 e. The van der Waals surface area contributed by atoms with Crippen molar-refractivity contribution in [2.75, 3.05) is 24.7 Å². The molecule has 4 N–H and O–H groups in total. The minimum absolute atomic E-state index is 0.105. The normalized spacial score (nSPS) is 16.7. The van der Waals surface area contributed by atoms with E-state index in [1.54, 1.807) is 25.6 Å². The highest BCUT2D eigenvalue weighted by atomic mass is 35.5. The van der Waals surface area contributed by atoms with E-state index >= 15 is 0 Å². The zero-order valence-corrected chi connectivity index (χ0v) is 16.4. The third-order valence-electron chi connectivity index (χ3n) is 4.85.